The van der Waals surface area contributed by atoms with Crippen molar-refractivity contribution in [2.75, 3.05) is 5.32 Å². The Labute approximate surface area is 166 Å². The van der Waals surface area contributed by atoms with E-state index in [0.29, 0.717) is 12.1 Å². The average molecular weight is 384 g/mol. The lowest BCUT2D eigenvalue weighted by Crippen LogP contribution is -2.47. The van der Waals surface area contributed by atoms with Crippen LogP contribution in [0.1, 0.15) is 45.1 Å². The SMILES string of the molecule is CCCCC(CC)C(=O)NC(Cc1ccccc1)C(=O)Nc1ccc(F)cc1. The summed E-state index contributed by atoms with van der Waals surface area (Å²) in [5.41, 5.74) is 1.46. The van der Waals surface area contributed by atoms with E-state index in [1.54, 1.807) is 0 Å². The highest BCUT2D eigenvalue weighted by Gasteiger charge is 2.25. The quantitative estimate of drug-likeness (QED) is 0.623. The Balaban J connectivity index is 2.12. The van der Waals surface area contributed by atoms with E-state index in [-0.39, 0.29) is 23.5 Å². The molecule has 0 radical (unpaired) electrons. The lowest BCUT2D eigenvalue weighted by Gasteiger charge is -2.22. The van der Waals surface area contributed by atoms with E-state index in [1.807, 2.05) is 37.3 Å². The molecule has 2 aromatic carbocycles. The summed E-state index contributed by atoms with van der Waals surface area (Å²) in [5.74, 6) is -0.869. The molecule has 2 N–H and O–H groups in total. The summed E-state index contributed by atoms with van der Waals surface area (Å²) in [6.45, 7) is 4.09. The first-order valence-electron chi connectivity index (χ1n) is 9.94. The van der Waals surface area contributed by atoms with Gasteiger partial charge in [0.15, 0.2) is 0 Å². The standard InChI is InChI=1S/C23H29FN2O2/c1-3-5-11-18(4-2)22(27)26-21(16-17-9-7-6-8-10-17)23(28)25-20-14-12-19(24)13-15-20/h6-10,12-15,18,21H,3-5,11,16H2,1-2H3,(H,25,28)(H,26,27). The molecule has 2 unspecified atom stereocenters. The van der Waals surface area contributed by atoms with E-state index in [2.05, 4.69) is 17.6 Å². The number of anilines is 1. The van der Waals surface area contributed by atoms with Gasteiger partial charge in [-0.1, -0.05) is 57.0 Å². The number of amides is 2. The number of halogens is 1. The highest BCUT2D eigenvalue weighted by molar-refractivity contribution is 5.97. The van der Waals surface area contributed by atoms with Gasteiger partial charge in [-0.2, -0.15) is 0 Å². The molecule has 28 heavy (non-hydrogen) atoms. The molecule has 0 aliphatic rings. The van der Waals surface area contributed by atoms with Crippen LogP contribution in [0.25, 0.3) is 0 Å². The minimum absolute atomic E-state index is 0.0915. The summed E-state index contributed by atoms with van der Waals surface area (Å²) in [4.78, 5) is 25.6. The van der Waals surface area contributed by atoms with Crippen LogP contribution in [0.5, 0.6) is 0 Å². The first-order valence-corrected chi connectivity index (χ1v) is 9.94. The van der Waals surface area contributed by atoms with Crippen LogP contribution in [-0.4, -0.2) is 17.9 Å². The predicted molar refractivity (Wildman–Crippen MR) is 110 cm³/mol. The van der Waals surface area contributed by atoms with Gasteiger partial charge in [-0.15, -0.1) is 0 Å². The van der Waals surface area contributed by atoms with Crippen molar-refractivity contribution in [2.45, 2.75) is 52.0 Å². The van der Waals surface area contributed by atoms with Gasteiger partial charge >= 0.3 is 0 Å². The van der Waals surface area contributed by atoms with Crippen molar-refractivity contribution in [2.24, 2.45) is 5.92 Å². The lowest BCUT2D eigenvalue weighted by molar-refractivity contribution is -0.129. The van der Waals surface area contributed by atoms with E-state index < -0.39 is 6.04 Å². The summed E-state index contributed by atoms with van der Waals surface area (Å²) in [7, 11) is 0. The number of carbonyl (C=O) groups excluding carboxylic acids is 2. The van der Waals surface area contributed by atoms with E-state index in [9.17, 15) is 14.0 Å². The molecule has 2 aromatic rings. The second-order valence-electron chi connectivity index (χ2n) is 6.99. The van der Waals surface area contributed by atoms with Crippen LogP contribution in [0, 0.1) is 11.7 Å². The summed E-state index contributed by atoms with van der Waals surface area (Å²) in [5, 5.41) is 5.71. The molecule has 2 amide bonds. The molecule has 0 heterocycles. The van der Waals surface area contributed by atoms with Gasteiger partial charge in [0.05, 0.1) is 0 Å². The van der Waals surface area contributed by atoms with E-state index >= 15 is 0 Å². The van der Waals surface area contributed by atoms with Gasteiger partial charge in [0.25, 0.3) is 0 Å². The topological polar surface area (TPSA) is 58.2 Å². The number of unbranched alkanes of at least 4 members (excludes halogenated alkanes) is 1. The van der Waals surface area contributed by atoms with Crippen LogP contribution in [0.15, 0.2) is 54.6 Å². The molecule has 0 saturated carbocycles. The number of hydrogen-bond donors (Lipinski definition) is 2. The minimum atomic E-state index is -0.698. The fourth-order valence-corrected chi connectivity index (χ4v) is 3.08. The first-order chi connectivity index (χ1) is 13.5. The minimum Gasteiger partial charge on any atom is -0.344 e. The zero-order valence-corrected chi connectivity index (χ0v) is 16.6. The normalized spacial score (nSPS) is 12.8. The van der Waals surface area contributed by atoms with Crippen molar-refractivity contribution in [3.8, 4) is 0 Å². The van der Waals surface area contributed by atoms with Gasteiger partial charge in [0.1, 0.15) is 11.9 Å². The number of hydrogen-bond acceptors (Lipinski definition) is 2. The summed E-state index contributed by atoms with van der Waals surface area (Å²) in [6, 6.07) is 14.5. The zero-order chi connectivity index (χ0) is 20.4. The van der Waals surface area contributed by atoms with Gasteiger partial charge in [-0.05, 0) is 42.7 Å². The molecule has 4 nitrogen and oxygen atoms in total. The van der Waals surface area contributed by atoms with Gasteiger partial charge in [0, 0.05) is 18.0 Å². The summed E-state index contributed by atoms with van der Waals surface area (Å²) >= 11 is 0. The smallest absolute Gasteiger partial charge is 0.247 e. The second-order valence-corrected chi connectivity index (χ2v) is 6.99. The van der Waals surface area contributed by atoms with Crippen molar-refractivity contribution in [1.82, 2.24) is 5.32 Å². The predicted octanol–water partition coefficient (Wildman–Crippen LogP) is 4.71. The third-order valence-corrected chi connectivity index (χ3v) is 4.80. The fraction of sp³-hybridized carbons (Fsp3) is 0.391. The third kappa shape index (κ3) is 6.80. The molecule has 0 aliphatic carbocycles. The van der Waals surface area contributed by atoms with Crippen molar-refractivity contribution in [1.29, 1.82) is 0 Å². The molecule has 0 fully saturated rings. The van der Waals surface area contributed by atoms with Crippen LogP contribution in [-0.2, 0) is 16.0 Å². The Morgan fingerprint density at radius 2 is 1.64 bits per heavy atom. The molecule has 150 valence electrons. The highest BCUT2D eigenvalue weighted by atomic mass is 19.1. The second kappa shape index (κ2) is 11.2. The number of benzene rings is 2. The van der Waals surface area contributed by atoms with Gasteiger partial charge in [-0.25, -0.2) is 4.39 Å². The molecule has 5 heteroatoms. The largest absolute Gasteiger partial charge is 0.344 e. The molecule has 0 bridgehead atoms. The molecule has 2 atom stereocenters. The molecule has 0 aliphatic heterocycles. The Kier molecular flexibility index (Phi) is 8.66. The van der Waals surface area contributed by atoms with Crippen LogP contribution < -0.4 is 10.6 Å². The van der Waals surface area contributed by atoms with E-state index in [0.717, 1.165) is 31.2 Å². The highest BCUT2D eigenvalue weighted by Crippen LogP contribution is 2.15. The molecule has 0 saturated heterocycles. The Hall–Kier alpha value is -2.69. The van der Waals surface area contributed by atoms with Crippen molar-refractivity contribution >= 4 is 17.5 Å². The number of rotatable bonds is 10. The number of carbonyl (C=O) groups is 2. The Morgan fingerprint density at radius 1 is 0.964 bits per heavy atom. The maximum atomic E-state index is 13.1. The van der Waals surface area contributed by atoms with Crippen molar-refractivity contribution in [3.63, 3.8) is 0 Å². The molecule has 0 aromatic heterocycles. The Morgan fingerprint density at radius 3 is 2.25 bits per heavy atom. The van der Waals surface area contributed by atoms with Gasteiger partial charge in [0.2, 0.25) is 11.8 Å². The zero-order valence-electron chi connectivity index (χ0n) is 16.6. The van der Waals surface area contributed by atoms with E-state index in [4.69, 9.17) is 0 Å². The van der Waals surface area contributed by atoms with Crippen molar-refractivity contribution < 1.29 is 14.0 Å². The summed E-state index contributed by atoms with van der Waals surface area (Å²) in [6.07, 6.45) is 3.96. The number of nitrogens with one attached hydrogen (secondary N) is 2. The fourth-order valence-electron chi connectivity index (χ4n) is 3.08. The maximum Gasteiger partial charge on any atom is 0.247 e. The molecular weight excluding hydrogens is 355 g/mol. The molecular formula is C23H29FN2O2. The van der Waals surface area contributed by atoms with Crippen LogP contribution in [0.2, 0.25) is 0 Å². The lowest BCUT2D eigenvalue weighted by atomic mass is 9.97. The average Bonchev–Trinajstić information content (AvgIpc) is 2.70. The van der Waals surface area contributed by atoms with Crippen molar-refractivity contribution in [3.05, 3.63) is 66.0 Å². The van der Waals surface area contributed by atoms with Gasteiger partial charge in [-0.3, -0.25) is 9.59 Å². The van der Waals surface area contributed by atoms with Gasteiger partial charge < -0.3 is 10.6 Å². The van der Waals surface area contributed by atoms with E-state index in [1.165, 1.54) is 24.3 Å². The van der Waals surface area contributed by atoms with Crippen LogP contribution in [0.4, 0.5) is 10.1 Å². The maximum absolute atomic E-state index is 13.1. The third-order valence-electron chi connectivity index (χ3n) is 4.80. The monoisotopic (exact) mass is 384 g/mol. The van der Waals surface area contributed by atoms with Crippen LogP contribution >= 0.6 is 0 Å². The first kappa shape index (κ1) is 21.6. The Bertz CT molecular complexity index is 747. The van der Waals surface area contributed by atoms with Crippen LogP contribution in [0.3, 0.4) is 0 Å². The molecule has 0 spiro atoms. The summed E-state index contributed by atoms with van der Waals surface area (Å²) < 4.78 is 13.1. The molecule has 2 rings (SSSR count).